The van der Waals surface area contributed by atoms with Crippen molar-refractivity contribution < 1.29 is 4.79 Å². The highest BCUT2D eigenvalue weighted by atomic mass is 16.1. The van der Waals surface area contributed by atoms with E-state index in [-0.39, 0.29) is 5.91 Å². The zero-order chi connectivity index (χ0) is 9.84. The van der Waals surface area contributed by atoms with Crippen molar-refractivity contribution in [1.29, 1.82) is 0 Å². The minimum atomic E-state index is -0.157. The van der Waals surface area contributed by atoms with Crippen LogP contribution in [0.25, 0.3) is 0 Å². The molecule has 13 heavy (non-hydrogen) atoms. The molecule has 1 fully saturated rings. The molecule has 1 atom stereocenters. The zero-order valence-electron chi connectivity index (χ0n) is 8.42. The van der Waals surface area contributed by atoms with Gasteiger partial charge in [0.05, 0.1) is 0 Å². The maximum Gasteiger partial charge on any atom is 0.272 e. The summed E-state index contributed by atoms with van der Waals surface area (Å²) in [6.07, 6.45) is 5.27. The number of carbonyl (C=O) groups is 1. The molecule has 1 aliphatic rings. The lowest BCUT2D eigenvalue weighted by Crippen LogP contribution is -2.08. The molecule has 0 heterocycles. The highest BCUT2D eigenvalue weighted by Crippen LogP contribution is 2.36. The Morgan fingerprint density at radius 3 is 2.77 bits per heavy atom. The molecule has 0 aromatic rings. The molecule has 0 saturated heterocycles. The van der Waals surface area contributed by atoms with Gasteiger partial charge in [0.1, 0.15) is 0 Å². The lowest BCUT2D eigenvalue weighted by atomic mass is 9.96. The summed E-state index contributed by atoms with van der Waals surface area (Å²) in [7, 11) is 0. The van der Waals surface area contributed by atoms with Crippen LogP contribution in [0.2, 0.25) is 0 Å². The first-order valence-electron chi connectivity index (χ1n) is 4.87. The molecule has 1 aliphatic carbocycles. The first kappa shape index (κ1) is 10.2. The van der Waals surface area contributed by atoms with Crippen molar-refractivity contribution in [3.05, 3.63) is 12.2 Å². The Bertz CT molecular complexity index is 238. The molecule has 1 amide bonds. The van der Waals surface area contributed by atoms with Crippen LogP contribution in [0.1, 0.15) is 33.1 Å². The number of rotatable bonds is 4. The molecule has 0 aromatic heterocycles. The summed E-state index contributed by atoms with van der Waals surface area (Å²) in [5, 5.41) is 0. The second-order valence-electron chi connectivity index (χ2n) is 3.80. The molecule has 0 N–H and O–H groups in total. The van der Waals surface area contributed by atoms with E-state index in [2.05, 4.69) is 18.5 Å². The smallest absolute Gasteiger partial charge is 0.267 e. The second kappa shape index (κ2) is 4.35. The van der Waals surface area contributed by atoms with E-state index in [0.29, 0.717) is 11.5 Å². The van der Waals surface area contributed by atoms with Gasteiger partial charge in [-0.1, -0.05) is 26.3 Å². The third-order valence-corrected chi connectivity index (χ3v) is 2.50. The minimum Gasteiger partial charge on any atom is -0.267 e. The van der Waals surface area contributed by atoms with Gasteiger partial charge in [0, 0.05) is 11.8 Å². The van der Waals surface area contributed by atoms with Gasteiger partial charge in [-0.05, 0) is 25.2 Å². The summed E-state index contributed by atoms with van der Waals surface area (Å²) in [4.78, 5) is 15.0. The van der Waals surface area contributed by atoms with Gasteiger partial charge in [-0.2, -0.15) is 0 Å². The third kappa shape index (κ3) is 3.13. The summed E-state index contributed by atoms with van der Waals surface area (Å²) in [6, 6.07) is 0. The molecule has 0 bridgehead atoms. The Labute approximate surface area is 79.8 Å². The number of amides is 1. The molecule has 0 aliphatic heterocycles. The average molecular weight is 179 g/mol. The molecular formula is C11H17NO. The predicted octanol–water partition coefficient (Wildman–Crippen LogP) is 2.60. The van der Waals surface area contributed by atoms with Gasteiger partial charge in [0.25, 0.3) is 5.91 Å². The van der Waals surface area contributed by atoms with Crippen molar-refractivity contribution in [3.63, 3.8) is 0 Å². The quantitative estimate of drug-likeness (QED) is 0.482. The Morgan fingerprint density at radius 2 is 2.31 bits per heavy atom. The molecule has 2 heteroatoms. The van der Waals surface area contributed by atoms with E-state index in [1.165, 1.54) is 19.1 Å². The van der Waals surface area contributed by atoms with Crippen molar-refractivity contribution in [3.8, 4) is 0 Å². The van der Waals surface area contributed by atoms with Crippen LogP contribution in [0.4, 0.5) is 0 Å². The molecule has 72 valence electrons. The molecule has 1 rings (SSSR count). The Kier molecular flexibility index (Phi) is 3.40. The predicted molar refractivity (Wildman–Crippen MR) is 54.8 cm³/mol. The minimum absolute atomic E-state index is 0.157. The summed E-state index contributed by atoms with van der Waals surface area (Å²) in [5.74, 6) is 0.976. The van der Waals surface area contributed by atoms with Crippen LogP contribution in [-0.2, 0) is 4.79 Å². The Hall–Kier alpha value is -0.920. The molecule has 2 nitrogen and oxygen atoms in total. The molecule has 0 spiro atoms. The van der Waals surface area contributed by atoms with Crippen molar-refractivity contribution in [2.75, 3.05) is 0 Å². The number of hydrogen-bond acceptors (Lipinski definition) is 1. The van der Waals surface area contributed by atoms with E-state index >= 15 is 0 Å². The van der Waals surface area contributed by atoms with Crippen molar-refractivity contribution in [2.24, 2.45) is 16.8 Å². The van der Waals surface area contributed by atoms with Crippen LogP contribution < -0.4 is 0 Å². The van der Waals surface area contributed by atoms with E-state index in [9.17, 15) is 4.79 Å². The largest absolute Gasteiger partial charge is 0.272 e. The van der Waals surface area contributed by atoms with E-state index < -0.39 is 0 Å². The van der Waals surface area contributed by atoms with Crippen LogP contribution >= 0.6 is 0 Å². The Balaban J connectivity index is 2.39. The normalized spacial score (nSPS) is 18.9. The fraction of sp³-hybridized carbons (Fsp3) is 0.636. The zero-order valence-corrected chi connectivity index (χ0v) is 8.42. The van der Waals surface area contributed by atoms with E-state index in [1.54, 1.807) is 6.92 Å². The first-order chi connectivity index (χ1) is 6.15. The van der Waals surface area contributed by atoms with Gasteiger partial charge < -0.3 is 0 Å². The van der Waals surface area contributed by atoms with Gasteiger partial charge in [-0.25, -0.2) is 4.99 Å². The van der Waals surface area contributed by atoms with E-state index in [1.807, 2.05) is 0 Å². The summed E-state index contributed by atoms with van der Waals surface area (Å²) in [6.45, 7) is 7.60. The van der Waals surface area contributed by atoms with Crippen LogP contribution in [0.5, 0.6) is 0 Å². The van der Waals surface area contributed by atoms with Gasteiger partial charge in [0.15, 0.2) is 0 Å². The summed E-state index contributed by atoms with van der Waals surface area (Å²) >= 11 is 0. The lowest BCUT2D eigenvalue weighted by molar-refractivity contribution is -0.114. The third-order valence-electron chi connectivity index (χ3n) is 2.50. The number of carbonyl (C=O) groups excluding carboxylic acids is 1. The van der Waals surface area contributed by atoms with Crippen LogP contribution in [0, 0.1) is 11.8 Å². The number of aliphatic imine (C=N–C) groups is 1. The molecule has 0 radical (unpaired) electrons. The van der Waals surface area contributed by atoms with Crippen molar-refractivity contribution in [2.45, 2.75) is 33.1 Å². The highest BCUT2D eigenvalue weighted by Gasteiger charge is 2.26. The van der Waals surface area contributed by atoms with E-state index in [4.69, 9.17) is 0 Å². The summed E-state index contributed by atoms with van der Waals surface area (Å²) in [5.41, 5.74) is 0.657. The monoisotopic (exact) mass is 179 g/mol. The fourth-order valence-corrected chi connectivity index (χ4v) is 1.41. The first-order valence-corrected chi connectivity index (χ1v) is 4.87. The highest BCUT2D eigenvalue weighted by molar-refractivity contribution is 5.97. The van der Waals surface area contributed by atoms with Crippen LogP contribution in [0.15, 0.2) is 17.1 Å². The number of hydrogen-bond donors (Lipinski definition) is 0. The SMILES string of the molecule is C=C(C(=O)/N=C/C)C(C)CC1CC1. The molecule has 1 saturated carbocycles. The number of nitrogens with zero attached hydrogens (tertiary/aromatic N) is 1. The van der Waals surface area contributed by atoms with Gasteiger partial charge in [0.2, 0.25) is 0 Å². The van der Waals surface area contributed by atoms with Gasteiger partial charge in [-0.3, -0.25) is 4.79 Å². The van der Waals surface area contributed by atoms with Crippen LogP contribution in [-0.4, -0.2) is 12.1 Å². The summed E-state index contributed by atoms with van der Waals surface area (Å²) < 4.78 is 0. The van der Waals surface area contributed by atoms with Gasteiger partial charge in [-0.15, -0.1) is 0 Å². The van der Waals surface area contributed by atoms with Crippen molar-refractivity contribution >= 4 is 12.1 Å². The molecule has 1 unspecified atom stereocenters. The fourth-order valence-electron chi connectivity index (χ4n) is 1.41. The topological polar surface area (TPSA) is 29.4 Å². The Morgan fingerprint density at radius 1 is 1.69 bits per heavy atom. The maximum absolute atomic E-state index is 11.3. The maximum atomic E-state index is 11.3. The van der Waals surface area contributed by atoms with E-state index in [0.717, 1.165) is 12.3 Å². The molecule has 0 aromatic carbocycles. The van der Waals surface area contributed by atoms with Gasteiger partial charge >= 0.3 is 0 Å². The lowest BCUT2D eigenvalue weighted by Gasteiger charge is -2.10. The van der Waals surface area contributed by atoms with Crippen LogP contribution in [0.3, 0.4) is 0 Å². The standard InChI is InChI=1S/C11H17NO/c1-4-12-11(13)9(3)8(2)7-10-5-6-10/h4,8,10H,3,5-7H2,1-2H3/b12-4+. The van der Waals surface area contributed by atoms with Crippen molar-refractivity contribution in [1.82, 2.24) is 0 Å². The average Bonchev–Trinajstić information content (AvgIpc) is 2.87. The second-order valence-corrected chi connectivity index (χ2v) is 3.80. The molecular weight excluding hydrogens is 162 g/mol.